The van der Waals surface area contributed by atoms with E-state index < -0.39 is 23.0 Å². The predicted octanol–water partition coefficient (Wildman–Crippen LogP) is 1.29. The second-order valence-electron chi connectivity index (χ2n) is 3.41. The molecule has 0 atom stereocenters. The molecular formula is C11H7ClN2O4. The standard InChI is InChI=1S/C11H7ClN2O4/c12-6-1-3-7(4-2-6)14-9(16)5-8(15)10(13-14)11(17)18/h1-5,15H,(H,17,18). The summed E-state index contributed by atoms with van der Waals surface area (Å²) in [6, 6.07) is 6.90. The largest absolute Gasteiger partial charge is 0.505 e. The van der Waals surface area contributed by atoms with E-state index in [4.69, 9.17) is 16.7 Å². The van der Waals surface area contributed by atoms with Gasteiger partial charge in [0.25, 0.3) is 5.56 Å². The van der Waals surface area contributed by atoms with Crippen LogP contribution in [0.25, 0.3) is 5.69 Å². The number of benzene rings is 1. The minimum Gasteiger partial charge on any atom is -0.505 e. The second-order valence-corrected chi connectivity index (χ2v) is 3.85. The quantitative estimate of drug-likeness (QED) is 0.854. The lowest BCUT2D eigenvalue weighted by molar-refractivity contribution is 0.0684. The predicted molar refractivity (Wildman–Crippen MR) is 63.5 cm³/mol. The highest BCUT2D eigenvalue weighted by atomic mass is 35.5. The Morgan fingerprint density at radius 3 is 2.44 bits per heavy atom. The highest BCUT2D eigenvalue weighted by Gasteiger charge is 2.15. The molecule has 2 aromatic rings. The van der Waals surface area contributed by atoms with Crippen molar-refractivity contribution in [2.45, 2.75) is 0 Å². The first-order valence-electron chi connectivity index (χ1n) is 4.81. The first-order valence-corrected chi connectivity index (χ1v) is 5.19. The van der Waals surface area contributed by atoms with Gasteiger partial charge in [-0.1, -0.05) is 11.6 Å². The molecule has 18 heavy (non-hydrogen) atoms. The van der Waals surface area contributed by atoms with Crippen LogP contribution in [0.4, 0.5) is 0 Å². The van der Waals surface area contributed by atoms with Crippen LogP contribution in [0.3, 0.4) is 0 Å². The average molecular weight is 267 g/mol. The van der Waals surface area contributed by atoms with Crippen molar-refractivity contribution in [2.24, 2.45) is 0 Å². The average Bonchev–Trinajstić information content (AvgIpc) is 2.30. The molecule has 0 radical (unpaired) electrons. The monoisotopic (exact) mass is 266 g/mol. The van der Waals surface area contributed by atoms with Gasteiger partial charge in [-0.15, -0.1) is 0 Å². The third-order valence-electron chi connectivity index (χ3n) is 2.19. The highest BCUT2D eigenvalue weighted by Crippen LogP contribution is 2.14. The molecule has 92 valence electrons. The maximum atomic E-state index is 11.6. The van der Waals surface area contributed by atoms with Crippen LogP contribution in [0.15, 0.2) is 35.1 Å². The molecule has 0 amide bonds. The van der Waals surface area contributed by atoms with Crippen molar-refractivity contribution in [3.05, 3.63) is 51.4 Å². The van der Waals surface area contributed by atoms with E-state index >= 15 is 0 Å². The maximum Gasteiger partial charge on any atom is 0.360 e. The van der Waals surface area contributed by atoms with Gasteiger partial charge in [0.2, 0.25) is 5.69 Å². The molecule has 0 unspecified atom stereocenters. The molecule has 6 nitrogen and oxygen atoms in total. The van der Waals surface area contributed by atoms with E-state index in [-0.39, 0.29) is 0 Å². The van der Waals surface area contributed by atoms with Gasteiger partial charge in [0.15, 0.2) is 5.75 Å². The van der Waals surface area contributed by atoms with E-state index in [1.165, 1.54) is 24.3 Å². The summed E-state index contributed by atoms with van der Waals surface area (Å²) in [5.41, 5.74) is -0.878. The fourth-order valence-corrected chi connectivity index (χ4v) is 1.49. The highest BCUT2D eigenvalue weighted by molar-refractivity contribution is 6.30. The van der Waals surface area contributed by atoms with E-state index in [0.717, 1.165) is 10.7 Å². The van der Waals surface area contributed by atoms with Gasteiger partial charge in [-0.25, -0.2) is 4.79 Å². The Morgan fingerprint density at radius 1 is 1.28 bits per heavy atom. The zero-order valence-corrected chi connectivity index (χ0v) is 9.63. The molecule has 0 bridgehead atoms. The van der Waals surface area contributed by atoms with Crippen LogP contribution in [-0.2, 0) is 0 Å². The van der Waals surface area contributed by atoms with Gasteiger partial charge in [-0.3, -0.25) is 4.79 Å². The fraction of sp³-hybridized carbons (Fsp3) is 0. The molecule has 0 aliphatic carbocycles. The Kier molecular flexibility index (Phi) is 3.03. The summed E-state index contributed by atoms with van der Waals surface area (Å²) in [4.78, 5) is 22.4. The lowest BCUT2D eigenvalue weighted by atomic mass is 10.3. The van der Waals surface area contributed by atoms with Crippen LogP contribution in [0, 0.1) is 0 Å². The number of aromatic nitrogens is 2. The molecule has 0 saturated carbocycles. The van der Waals surface area contributed by atoms with Gasteiger partial charge in [0, 0.05) is 11.1 Å². The normalized spacial score (nSPS) is 10.3. The molecule has 0 fully saturated rings. The number of rotatable bonds is 2. The first kappa shape index (κ1) is 12.1. The van der Waals surface area contributed by atoms with E-state index in [9.17, 15) is 14.7 Å². The number of nitrogens with zero attached hydrogens (tertiary/aromatic N) is 2. The number of aromatic carboxylic acids is 1. The van der Waals surface area contributed by atoms with Crippen LogP contribution in [0.2, 0.25) is 5.02 Å². The SMILES string of the molecule is O=C(O)c1nn(-c2ccc(Cl)cc2)c(=O)cc1O. The molecule has 1 heterocycles. The zero-order valence-electron chi connectivity index (χ0n) is 8.87. The number of carbonyl (C=O) groups is 1. The van der Waals surface area contributed by atoms with Crippen molar-refractivity contribution >= 4 is 17.6 Å². The third kappa shape index (κ3) is 2.18. The third-order valence-corrected chi connectivity index (χ3v) is 2.44. The maximum absolute atomic E-state index is 11.6. The van der Waals surface area contributed by atoms with Crippen molar-refractivity contribution in [2.75, 3.05) is 0 Å². The van der Waals surface area contributed by atoms with Crippen LogP contribution < -0.4 is 5.56 Å². The fourth-order valence-electron chi connectivity index (χ4n) is 1.37. The van der Waals surface area contributed by atoms with Crippen molar-refractivity contribution in [3.8, 4) is 11.4 Å². The lowest BCUT2D eigenvalue weighted by Crippen LogP contribution is -2.23. The molecule has 0 aliphatic rings. The number of carboxylic acids is 1. The summed E-state index contributed by atoms with van der Waals surface area (Å²) >= 11 is 5.70. The van der Waals surface area contributed by atoms with Crippen molar-refractivity contribution in [3.63, 3.8) is 0 Å². The molecule has 1 aromatic heterocycles. The Hall–Kier alpha value is -2.34. The number of halogens is 1. The summed E-state index contributed by atoms with van der Waals surface area (Å²) < 4.78 is 0.875. The van der Waals surface area contributed by atoms with E-state index in [1.54, 1.807) is 0 Å². The molecule has 0 spiro atoms. The molecule has 7 heteroatoms. The van der Waals surface area contributed by atoms with Crippen LogP contribution in [0.5, 0.6) is 5.75 Å². The van der Waals surface area contributed by atoms with Gasteiger partial charge in [0.1, 0.15) is 0 Å². The topological polar surface area (TPSA) is 92.4 Å². The second kappa shape index (κ2) is 4.50. The minimum absolute atomic E-state index is 0.354. The minimum atomic E-state index is -1.42. The summed E-state index contributed by atoms with van der Waals surface area (Å²) in [7, 11) is 0. The zero-order chi connectivity index (χ0) is 13.3. The molecular weight excluding hydrogens is 260 g/mol. The van der Waals surface area contributed by atoms with Crippen LogP contribution >= 0.6 is 11.6 Å². The van der Waals surface area contributed by atoms with Gasteiger partial charge < -0.3 is 10.2 Å². The van der Waals surface area contributed by atoms with Gasteiger partial charge in [-0.05, 0) is 24.3 Å². The number of carboxylic acid groups (broad SMARTS) is 1. The Morgan fingerprint density at radius 2 is 1.89 bits per heavy atom. The number of hydrogen-bond donors (Lipinski definition) is 2. The summed E-state index contributed by atoms with van der Waals surface area (Å²) in [6.45, 7) is 0. The molecule has 0 saturated heterocycles. The molecule has 1 aromatic carbocycles. The molecule has 2 N–H and O–H groups in total. The summed E-state index contributed by atoms with van der Waals surface area (Å²) in [6.07, 6.45) is 0. The Balaban J connectivity index is 2.64. The summed E-state index contributed by atoms with van der Waals surface area (Å²) in [5, 5.41) is 22.2. The smallest absolute Gasteiger partial charge is 0.360 e. The van der Waals surface area contributed by atoms with Gasteiger partial charge >= 0.3 is 5.97 Å². The van der Waals surface area contributed by atoms with E-state index in [1.807, 2.05) is 0 Å². The van der Waals surface area contributed by atoms with E-state index in [2.05, 4.69) is 5.10 Å². The lowest BCUT2D eigenvalue weighted by Gasteiger charge is -2.06. The molecule has 0 aliphatic heterocycles. The van der Waals surface area contributed by atoms with Crippen LogP contribution in [-0.4, -0.2) is 26.0 Å². The Labute approximate surface area is 106 Å². The van der Waals surface area contributed by atoms with E-state index in [0.29, 0.717) is 10.7 Å². The molecule has 2 rings (SSSR count). The Bertz CT molecular complexity index is 664. The van der Waals surface area contributed by atoms with Gasteiger partial charge in [-0.2, -0.15) is 9.78 Å². The van der Waals surface area contributed by atoms with Crippen LogP contribution in [0.1, 0.15) is 10.5 Å². The van der Waals surface area contributed by atoms with Crippen molar-refractivity contribution < 1.29 is 15.0 Å². The van der Waals surface area contributed by atoms with Crippen molar-refractivity contribution in [1.82, 2.24) is 9.78 Å². The first-order chi connectivity index (χ1) is 8.49. The number of hydrogen-bond acceptors (Lipinski definition) is 4. The van der Waals surface area contributed by atoms with Crippen molar-refractivity contribution in [1.29, 1.82) is 0 Å². The summed E-state index contributed by atoms with van der Waals surface area (Å²) in [5.74, 6) is -2.09. The van der Waals surface area contributed by atoms with Gasteiger partial charge in [0.05, 0.1) is 5.69 Å². The number of aromatic hydroxyl groups is 1.